The highest BCUT2D eigenvalue weighted by Gasteiger charge is 2.20. The SMILES string of the molecule is C[C@H](Nc1c(C#N)c(=O)n(C)c(=O)n1C)[C@@H](C)n1cccn1. The molecule has 0 fully saturated rings. The fourth-order valence-corrected chi connectivity index (χ4v) is 2.20. The van der Waals surface area contributed by atoms with Crippen LogP contribution >= 0.6 is 0 Å². The molecule has 0 bridgehead atoms. The number of hydrogen-bond donors (Lipinski definition) is 1. The molecule has 2 heterocycles. The third-order valence-electron chi connectivity index (χ3n) is 3.81. The first-order valence-electron chi connectivity index (χ1n) is 6.84. The first-order valence-corrected chi connectivity index (χ1v) is 6.84. The van der Waals surface area contributed by atoms with Crippen molar-refractivity contribution in [1.29, 1.82) is 5.26 Å². The topological polar surface area (TPSA) is 97.6 Å². The molecule has 116 valence electrons. The standard InChI is InChI=1S/C14H18N6O2/c1-9(10(2)20-7-5-6-16-20)17-12-11(8-15)13(21)19(4)14(22)18(12)3/h5-7,9-10,17H,1-4H3/t9-,10+/m0/s1. The summed E-state index contributed by atoms with van der Waals surface area (Å²) in [4.78, 5) is 24.1. The highest BCUT2D eigenvalue weighted by Crippen LogP contribution is 2.16. The summed E-state index contributed by atoms with van der Waals surface area (Å²) in [6.45, 7) is 3.85. The molecule has 8 heteroatoms. The minimum atomic E-state index is -0.605. The van der Waals surface area contributed by atoms with Gasteiger partial charge in [-0.2, -0.15) is 10.4 Å². The summed E-state index contributed by atoms with van der Waals surface area (Å²) < 4.78 is 3.96. The lowest BCUT2D eigenvalue weighted by molar-refractivity contribution is 0.441. The van der Waals surface area contributed by atoms with Gasteiger partial charge in [0.15, 0.2) is 5.56 Å². The zero-order valence-corrected chi connectivity index (χ0v) is 12.9. The fourth-order valence-electron chi connectivity index (χ4n) is 2.20. The molecule has 2 atom stereocenters. The zero-order chi connectivity index (χ0) is 16.4. The number of nitrogens with one attached hydrogen (secondary N) is 1. The Morgan fingerprint density at radius 1 is 1.27 bits per heavy atom. The van der Waals surface area contributed by atoms with Crippen LogP contribution in [0.15, 0.2) is 28.0 Å². The summed E-state index contributed by atoms with van der Waals surface area (Å²) in [5.74, 6) is 0.224. The van der Waals surface area contributed by atoms with Crippen molar-refractivity contribution in [3.63, 3.8) is 0 Å². The van der Waals surface area contributed by atoms with Crippen molar-refractivity contribution in [3.05, 3.63) is 44.9 Å². The van der Waals surface area contributed by atoms with E-state index >= 15 is 0 Å². The smallest absolute Gasteiger partial charge is 0.332 e. The Bertz CT molecular complexity index is 825. The van der Waals surface area contributed by atoms with Crippen LogP contribution in [0.25, 0.3) is 0 Å². The van der Waals surface area contributed by atoms with Crippen molar-refractivity contribution < 1.29 is 0 Å². The van der Waals surface area contributed by atoms with Crippen molar-refractivity contribution in [1.82, 2.24) is 18.9 Å². The van der Waals surface area contributed by atoms with E-state index in [1.165, 1.54) is 18.7 Å². The Kier molecular flexibility index (Phi) is 4.17. The number of aromatic nitrogens is 4. The van der Waals surface area contributed by atoms with Gasteiger partial charge in [0.2, 0.25) is 0 Å². The first kappa shape index (κ1) is 15.6. The largest absolute Gasteiger partial charge is 0.365 e. The van der Waals surface area contributed by atoms with Crippen molar-refractivity contribution >= 4 is 5.82 Å². The van der Waals surface area contributed by atoms with Crippen molar-refractivity contribution in [2.75, 3.05) is 5.32 Å². The van der Waals surface area contributed by atoms with Gasteiger partial charge >= 0.3 is 5.69 Å². The van der Waals surface area contributed by atoms with Gasteiger partial charge in [-0.3, -0.25) is 18.6 Å². The van der Waals surface area contributed by atoms with Crippen LogP contribution in [0.2, 0.25) is 0 Å². The van der Waals surface area contributed by atoms with Crippen LogP contribution in [0.1, 0.15) is 25.5 Å². The molecule has 2 aromatic rings. The Balaban J connectivity index is 2.44. The van der Waals surface area contributed by atoms with E-state index in [2.05, 4.69) is 10.4 Å². The molecule has 0 spiro atoms. The second-order valence-corrected chi connectivity index (χ2v) is 5.20. The third-order valence-corrected chi connectivity index (χ3v) is 3.81. The van der Waals surface area contributed by atoms with E-state index in [-0.39, 0.29) is 23.5 Å². The van der Waals surface area contributed by atoms with Gasteiger partial charge in [-0.25, -0.2) is 4.79 Å². The van der Waals surface area contributed by atoms with Crippen LogP contribution in [0.4, 0.5) is 5.82 Å². The fraction of sp³-hybridized carbons (Fsp3) is 0.429. The van der Waals surface area contributed by atoms with Gasteiger partial charge in [0.05, 0.1) is 6.04 Å². The van der Waals surface area contributed by atoms with E-state index < -0.39 is 11.2 Å². The second-order valence-electron chi connectivity index (χ2n) is 5.20. The maximum Gasteiger partial charge on any atom is 0.332 e. The highest BCUT2D eigenvalue weighted by molar-refractivity contribution is 5.51. The van der Waals surface area contributed by atoms with Gasteiger partial charge in [0, 0.05) is 32.5 Å². The minimum Gasteiger partial charge on any atom is -0.365 e. The van der Waals surface area contributed by atoms with Gasteiger partial charge < -0.3 is 5.32 Å². The van der Waals surface area contributed by atoms with Crippen molar-refractivity contribution in [2.45, 2.75) is 25.9 Å². The molecule has 22 heavy (non-hydrogen) atoms. The molecule has 0 aliphatic carbocycles. The maximum atomic E-state index is 12.0. The van der Waals surface area contributed by atoms with Gasteiger partial charge in [0.25, 0.3) is 5.56 Å². The molecule has 0 unspecified atom stereocenters. The van der Waals surface area contributed by atoms with Crippen molar-refractivity contribution in [3.8, 4) is 6.07 Å². The van der Waals surface area contributed by atoms with Crippen LogP contribution in [-0.2, 0) is 14.1 Å². The van der Waals surface area contributed by atoms with E-state index in [0.717, 1.165) is 4.57 Å². The van der Waals surface area contributed by atoms with Crippen LogP contribution in [-0.4, -0.2) is 25.0 Å². The second kappa shape index (κ2) is 5.89. The number of anilines is 1. The van der Waals surface area contributed by atoms with E-state index in [1.807, 2.05) is 32.2 Å². The lowest BCUT2D eigenvalue weighted by atomic mass is 10.1. The lowest BCUT2D eigenvalue weighted by Gasteiger charge is -2.24. The molecule has 0 amide bonds. The summed E-state index contributed by atoms with van der Waals surface area (Å²) in [6.07, 6.45) is 3.51. The molecule has 1 N–H and O–H groups in total. The van der Waals surface area contributed by atoms with Crippen LogP contribution < -0.4 is 16.6 Å². The lowest BCUT2D eigenvalue weighted by Crippen LogP contribution is -2.41. The zero-order valence-electron chi connectivity index (χ0n) is 12.9. The molecule has 2 aromatic heterocycles. The van der Waals surface area contributed by atoms with Gasteiger partial charge in [-0.1, -0.05) is 0 Å². The quantitative estimate of drug-likeness (QED) is 0.871. The van der Waals surface area contributed by atoms with E-state index in [1.54, 1.807) is 10.9 Å². The van der Waals surface area contributed by atoms with Crippen molar-refractivity contribution in [2.24, 2.45) is 14.1 Å². The molecule has 2 rings (SSSR count). The van der Waals surface area contributed by atoms with E-state index in [9.17, 15) is 14.9 Å². The molecular formula is C14H18N6O2. The Morgan fingerprint density at radius 3 is 2.50 bits per heavy atom. The van der Waals surface area contributed by atoms with Crippen LogP contribution in [0.3, 0.4) is 0 Å². The summed E-state index contributed by atoms with van der Waals surface area (Å²) in [5.41, 5.74) is -1.17. The van der Waals surface area contributed by atoms with Crippen LogP contribution in [0.5, 0.6) is 0 Å². The molecule has 0 saturated carbocycles. The highest BCUT2D eigenvalue weighted by atomic mass is 16.2. The predicted octanol–water partition coefficient (Wildman–Crippen LogP) is 0.214. The number of rotatable bonds is 4. The molecule has 0 aromatic carbocycles. The third kappa shape index (κ3) is 2.53. The summed E-state index contributed by atoms with van der Waals surface area (Å²) in [6, 6.07) is 3.52. The summed E-state index contributed by atoms with van der Waals surface area (Å²) in [7, 11) is 2.88. The number of nitriles is 1. The molecule has 0 aliphatic rings. The average Bonchev–Trinajstić information content (AvgIpc) is 3.04. The molecule has 0 aliphatic heterocycles. The maximum absolute atomic E-state index is 12.0. The van der Waals surface area contributed by atoms with Gasteiger partial charge in [-0.15, -0.1) is 0 Å². The normalized spacial score (nSPS) is 13.4. The Hall–Kier alpha value is -2.82. The molecular weight excluding hydrogens is 284 g/mol. The molecule has 0 saturated heterocycles. The predicted molar refractivity (Wildman–Crippen MR) is 81.7 cm³/mol. The van der Waals surface area contributed by atoms with Gasteiger partial charge in [-0.05, 0) is 19.9 Å². The summed E-state index contributed by atoms with van der Waals surface area (Å²) >= 11 is 0. The minimum absolute atomic E-state index is 0.0271. The Morgan fingerprint density at radius 2 is 1.95 bits per heavy atom. The van der Waals surface area contributed by atoms with E-state index in [4.69, 9.17) is 0 Å². The number of nitrogens with zero attached hydrogens (tertiary/aromatic N) is 5. The summed E-state index contributed by atoms with van der Waals surface area (Å²) in [5, 5.41) is 16.5. The van der Waals surface area contributed by atoms with E-state index in [0.29, 0.717) is 0 Å². The number of hydrogen-bond acceptors (Lipinski definition) is 5. The Labute approximate surface area is 127 Å². The first-order chi connectivity index (χ1) is 10.4. The molecule has 8 nitrogen and oxygen atoms in total. The monoisotopic (exact) mass is 302 g/mol. The molecule has 0 radical (unpaired) electrons. The average molecular weight is 302 g/mol. The van der Waals surface area contributed by atoms with Gasteiger partial charge in [0.1, 0.15) is 11.9 Å². The van der Waals surface area contributed by atoms with Crippen LogP contribution in [0, 0.1) is 11.3 Å².